The van der Waals surface area contributed by atoms with Crippen molar-refractivity contribution in [3.63, 3.8) is 0 Å². The van der Waals surface area contributed by atoms with E-state index in [1.807, 2.05) is 83.4 Å². The average molecular weight is 507 g/mol. The summed E-state index contributed by atoms with van der Waals surface area (Å²) < 4.78 is 7.12. The summed E-state index contributed by atoms with van der Waals surface area (Å²) in [5, 5.41) is 17.3. The van der Waals surface area contributed by atoms with Crippen molar-refractivity contribution >= 4 is 41.2 Å². The number of hydrogen-bond acceptors (Lipinski definition) is 7. The summed E-state index contributed by atoms with van der Waals surface area (Å²) in [7, 11) is 1.60. The highest BCUT2D eigenvalue weighted by atomic mass is 35.5. The highest BCUT2D eigenvalue weighted by Crippen LogP contribution is 2.23. The third-order valence-corrected chi connectivity index (χ3v) is 6.02. The molecule has 4 aromatic rings. The molecule has 1 aromatic heterocycles. The van der Waals surface area contributed by atoms with Gasteiger partial charge in [-0.1, -0.05) is 53.7 Å². The van der Waals surface area contributed by atoms with E-state index in [0.717, 1.165) is 22.7 Å². The second-order valence-corrected chi connectivity index (χ2v) is 8.67. The molecule has 178 valence electrons. The number of methoxy groups -OCH3 is 1. The van der Waals surface area contributed by atoms with Gasteiger partial charge in [0.2, 0.25) is 0 Å². The predicted octanol–water partition coefficient (Wildman–Crippen LogP) is 4.78. The van der Waals surface area contributed by atoms with E-state index < -0.39 is 0 Å². The fourth-order valence-corrected chi connectivity index (χ4v) is 4.05. The number of para-hydroxylation sites is 1. The third-order valence-electron chi connectivity index (χ3n) is 4.84. The summed E-state index contributed by atoms with van der Waals surface area (Å²) in [6.45, 7) is 0.446. The molecule has 0 aliphatic heterocycles. The lowest BCUT2D eigenvalue weighted by molar-refractivity contribution is -0.118. The van der Waals surface area contributed by atoms with Crippen LogP contribution in [-0.4, -0.2) is 39.7 Å². The minimum Gasteiger partial charge on any atom is -0.497 e. The van der Waals surface area contributed by atoms with E-state index in [2.05, 4.69) is 26.0 Å². The summed E-state index contributed by atoms with van der Waals surface area (Å²) in [5.74, 6) is 1.31. The van der Waals surface area contributed by atoms with Crippen LogP contribution in [0.5, 0.6) is 5.75 Å². The van der Waals surface area contributed by atoms with Crippen LogP contribution in [0.3, 0.4) is 0 Å². The monoisotopic (exact) mass is 506 g/mol. The van der Waals surface area contributed by atoms with Crippen molar-refractivity contribution < 1.29 is 9.53 Å². The Morgan fingerprint density at radius 2 is 1.89 bits per heavy atom. The zero-order valence-electron chi connectivity index (χ0n) is 18.9. The molecule has 0 spiro atoms. The molecule has 8 nitrogen and oxygen atoms in total. The number of carbonyl (C=O) groups is 1. The quantitative estimate of drug-likeness (QED) is 0.182. The van der Waals surface area contributed by atoms with Crippen LogP contribution in [0, 0.1) is 0 Å². The molecule has 0 radical (unpaired) electrons. The van der Waals surface area contributed by atoms with Crippen LogP contribution in [0.25, 0.3) is 5.69 Å². The Morgan fingerprint density at radius 1 is 1.09 bits per heavy atom. The highest BCUT2D eigenvalue weighted by Gasteiger charge is 2.15. The van der Waals surface area contributed by atoms with Crippen LogP contribution in [0.2, 0.25) is 5.02 Å². The lowest BCUT2D eigenvalue weighted by atomic mass is 10.2. The maximum Gasteiger partial charge on any atom is 0.250 e. The number of thioether (sulfide) groups is 1. The SMILES string of the molecule is COc1cccc(/C=N\NC(=O)CSc2nnc(CNc3ccc(Cl)cc3)n2-c2ccccc2)c1. The van der Waals surface area contributed by atoms with E-state index in [4.69, 9.17) is 16.3 Å². The Labute approximate surface area is 212 Å². The number of hydrogen-bond donors (Lipinski definition) is 2. The fourth-order valence-electron chi connectivity index (χ4n) is 3.16. The number of nitrogens with one attached hydrogen (secondary N) is 2. The number of benzene rings is 3. The second kappa shape index (κ2) is 12.0. The number of aromatic nitrogens is 3. The fraction of sp³-hybridized carbons (Fsp3) is 0.120. The summed E-state index contributed by atoms with van der Waals surface area (Å²) in [5.41, 5.74) is 5.19. The molecule has 2 N–H and O–H groups in total. The smallest absolute Gasteiger partial charge is 0.250 e. The first-order valence-corrected chi connectivity index (χ1v) is 12.1. The van der Waals surface area contributed by atoms with Crippen molar-refractivity contribution in [1.82, 2.24) is 20.2 Å². The standard InChI is InChI=1S/C25H23ClN6O2S/c1-34-22-9-5-6-18(14-22)15-28-30-24(33)17-35-25-31-29-23(32(25)21-7-3-2-4-8-21)16-27-20-12-10-19(26)11-13-20/h2-15,27H,16-17H2,1H3,(H,30,33)/b28-15-. The topological polar surface area (TPSA) is 93.4 Å². The summed E-state index contributed by atoms with van der Waals surface area (Å²) in [6, 6.07) is 24.6. The van der Waals surface area contributed by atoms with Crippen molar-refractivity contribution in [2.45, 2.75) is 11.7 Å². The van der Waals surface area contributed by atoms with E-state index in [1.54, 1.807) is 13.3 Å². The van der Waals surface area contributed by atoms with Gasteiger partial charge in [-0.05, 0) is 54.1 Å². The van der Waals surface area contributed by atoms with Gasteiger partial charge in [0.15, 0.2) is 11.0 Å². The van der Waals surface area contributed by atoms with Crippen LogP contribution < -0.4 is 15.5 Å². The maximum absolute atomic E-state index is 12.4. The van der Waals surface area contributed by atoms with Crippen LogP contribution in [-0.2, 0) is 11.3 Å². The van der Waals surface area contributed by atoms with Gasteiger partial charge in [-0.2, -0.15) is 5.10 Å². The summed E-state index contributed by atoms with van der Waals surface area (Å²) in [6.07, 6.45) is 1.57. The van der Waals surface area contributed by atoms with Gasteiger partial charge >= 0.3 is 0 Å². The molecular formula is C25H23ClN6O2S. The molecule has 10 heteroatoms. The van der Waals surface area contributed by atoms with Crippen LogP contribution in [0.1, 0.15) is 11.4 Å². The molecule has 0 saturated carbocycles. The van der Waals surface area contributed by atoms with Crippen molar-refractivity contribution in [1.29, 1.82) is 0 Å². The number of anilines is 1. The molecule has 0 aliphatic rings. The minimum atomic E-state index is -0.252. The van der Waals surface area contributed by atoms with Gasteiger partial charge in [0.1, 0.15) is 5.75 Å². The number of carbonyl (C=O) groups excluding carboxylic acids is 1. The Hall–Kier alpha value is -3.82. The second-order valence-electron chi connectivity index (χ2n) is 7.29. The van der Waals surface area contributed by atoms with Gasteiger partial charge in [-0.25, -0.2) is 5.43 Å². The normalized spacial score (nSPS) is 10.9. The molecule has 1 amide bonds. The molecule has 1 heterocycles. The van der Waals surface area contributed by atoms with Crippen LogP contribution in [0.15, 0.2) is 89.1 Å². The molecule has 0 aliphatic carbocycles. The average Bonchev–Trinajstić information content (AvgIpc) is 3.30. The first-order valence-electron chi connectivity index (χ1n) is 10.7. The molecule has 0 saturated heterocycles. The zero-order chi connectivity index (χ0) is 24.5. The van der Waals surface area contributed by atoms with Gasteiger partial charge in [-0.15, -0.1) is 10.2 Å². The first-order chi connectivity index (χ1) is 17.1. The molecule has 3 aromatic carbocycles. The molecule has 4 rings (SSSR count). The molecule has 0 fully saturated rings. The Kier molecular flexibility index (Phi) is 8.37. The minimum absolute atomic E-state index is 0.130. The van der Waals surface area contributed by atoms with Crippen LogP contribution >= 0.6 is 23.4 Å². The third kappa shape index (κ3) is 6.84. The van der Waals surface area contributed by atoms with Crippen molar-refractivity contribution in [3.05, 3.63) is 95.3 Å². The van der Waals surface area contributed by atoms with Crippen molar-refractivity contribution in [3.8, 4) is 11.4 Å². The van der Waals surface area contributed by atoms with E-state index in [-0.39, 0.29) is 11.7 Å². The van der Waals surface area contributed by atoms with Gasteiger partial charge in [0.05, 0.1) is 25.6 Å². The lowest BCUT2D eigenvalue weighted by Gasteiger charge is -2.11. The Morgan fingerprint density at radius 3 is 2.66 bits per heavy atom. The Bertz CT molecular complexity index is 1300. The van der Waals surface area contributed by atoms with Gasteiger partial charge < -0.3 is 10.1 Å². The Balaban J connectivity index is 1.41. The van der Waals surface area contributed by atoms with E-state index >= 15 is 0 Å². The highest BCUT2D eigenvalue weighted by molar-refractivity contribution is 7.99. The summed E-state index contributed by atoms with van der Waals surface area (Å²) >= 11 is 7.25. The predicted molar refractivity (Wildman–Crippen MR) is 140 cm³/mol. The molecule has 35 heavy (non-hydrogen) atoms. The summed E-state index contributed by atoms with van der Waals surface area (Å²) in [4.78, 5) is 12.4. The molecule has 0 unspecified atom stereocenters. The molecule has 0 bridgehead atoms. The van der Waals surface area contributed by atoms with Crippen LogP contribution in [0.4, 0.5) is 5.69 Å². The maximum atomic E-state index is 12.4. The first kappa shape index (κ1) is 24.3. The molecule has 0 atom stereocenters. The van der Waals surface area contributed by atoms with E-state index in [0.29, 0.717) is 22.5 Å². The van der Waals surface area contributed by atoms with E-state index in [9.17, 15) is 4.79 Å². The number of halogens is 1. The zero-order valence-corrected chi connectivity index (χ0v) is 20.5. The largest absolute Gasteiger partial charge is 0.497 e. The number of ether oxygens (including phenoxy) is 1. The number of nitrogens with zero attached hydrogens (tertiary/aromatic N) is 4. The van der Waals surface area contributed by atoms with Gasteiger partial charge in [-0.3, -0.25) is 9.36 Å². The number of hydrazone groups is 1. The van der Waals surface area contributed by atoms with E-state index in [1.165, 1.54) is 11.8 Å². The lowest BCUT2D eigenvalue weighted by Crippen LogP contribution is -2.20. The number of amides is 1. The number of rotatable bonds is 10. The van der Waals surface area contributed by atoms with Crippen molar-refractivity contribution in [2.75, 3.05) is 18.2 Å². The molecular weight excluding hydrogens is 484 g/mol. The van der Waals surface area contributed by atoms with Crippen molar-refractivity contribution in [2.24, 2.45) is 5.10 Å². The van der Waals surface area contributed by atoms with Gasteiger partial charge in [0.25, 0.3) is 5.91 Å². The van der Waals surface area contributed by atoms with Gasteiger partial charge in [0, 0.05) is 16.4 Å².